The molecule has 0 unspecified atom stereocenters. The number of benzene rings is 2. The molecule has 0 aromatic heterocycles. The second-order valence-corrected chi connectivity index (χ2v) is 4.55. The van der Waals surface area contributed by atoms with Crippen molar-refractivity contribution in [1.82, 2.24) is 5.43 Å². The molecule has 0 aliphatic carbocycles. The minimum absolute atomic E-state index is 0.124. The van der Waals surface area contributed by atoms with E-state index in [1.807, 2.05) is 6.07 Å². The first-order valence-corrected chi connectivity index (χ1v) is 6.45. The minimum atomic E-state index is -0.402. The SMILES string of the molecule is N#Cc1c(Cl)cccc1OCc1ccccc1C(=O)NN. The molecule has 0 aliphatic heterocycles. The van der Waals surface area contributed by atoms with Gasteiger partial charge in [-0.3, -0.25) is 10.2 Å². The predicted molar refractivity (Wildman–Crippen MR) is 78.6 cm³/mol. The molecule has 0 spiro atoms. The van der Waals surface area contributed by atoms with E-state index in [2.05, 4.69) is 5.43 Å². The van der Waals surface area contributed by atoms with Crippen LogP contribution in [0.1, 0.15) is 21.5 Å². The highest BCUT2D eigenvalue weighted by Crippen LogP contribution is 2.26. The van der Waals surface area contributed by atoms with E-state index in [1.165, 1.54) is 0 Å². The van der Waals surface area contributed by atoms with Crippen molar-refractivity contribution in [1.29, 1.82) is 5.26 Å². The summed E-state index contributed by atoms with van der Waals surface area (Å²) >= 11 is 5.93. The van der Waals surface area contributed by atoms with Gasteiger partial charge >= 0.3 is 0 Å². The summed E-state index contributed by atoms with van der Waals surface area (Å²) in [7, 11) is 0. The van der Waals surface area contributed by atoms with Gasteiger partial charge in [0.05, 0.1) is 5.02 Å². The fourth-order valence-corrected chi connectivity index (χ4v) is 2.04. The molecule has 106 valence electrons. The van der Waals surface area contributed by atoms with E-state index in [0.717, 1.165) is 0 Å². The number of hydrogen-bond donors (Lipinski definition) is 2. The fourth-order valence-electron chi connectivity index (χ4n) is 1.83. The second-order valence-electron chi connectivity index (χ2n) is 4.14. The van der Waals surface area contributed by atoms with E-state index in [-0.39, 0.29) is 12.2 Å². The quantitative estimate of drug-likeness (QED) is 0.515. The summed E-state index contributed by atoms with van der Waals surface area (Å²) in [5.41, 5.74) is 3.42. The van der Waals surface area contributed by atoms with Crippen LogP contribution >= 0.6 is 11.6 Å². The Hall–Kier alpha value is -2.55. The zero-order chi connectivity index (χ0) is 15.2. The van der Waals surface area contributed by atoms with Crippen LogP contribution in [0.2, 0.25) is 5.02 Å². The fraction of sp³-hybridized carbons (Fsp3) is 0.0667. The first kappa shape index (κ1) is 14.9. The van der Waals surface area contributed by atoms with E-state index in [1.54, 1.807) is 42.5 Å². The molecule has 3 N–H and O–H groups in total. The Morgan fingerprint density at radius 3 is 2.76 bits per heavy atom. The number of nitriles is 1. The number of nitrogens with two attached hydrogens (primary N) is 1. The third kappa shape index (κ3) is 3.31. The third-order valence-corrected chi connectivity index (χ3v) is 3.18. The maximum absolute atomic E-state index is 11.7. The lowest BCUT2D eigenvalue weighted by Crippen LogP contribution is -2.30. The summed E-state index contributed by atoms with van der Waals surface area (Å²) in [6.07, 6.45) is 0. The number of amides is 1. The highest BCUT2D eigenvalue weighted by Gasteiger charge is 2.12. The maximum Gasteiger partial charge on any atom is 0.265 e. The lowest BCUT2D eigenvalue weighted by Gasteiger charge is -2.11. The summed E-state index contributed by atoms with van der Waals surface area (Å²) < 4.78 is 5.60. The molecule has 0 aliphatic rings. The highest BCUT2D eigenvalue weighted by molar-refractivity contribution is 6.31. The van der Waals surface area contributed by atoms with Gasteiger partial charge in [-0.25, -0.2) is 5.84 Å². The second kappa shape index (κ2) is 6.75. The molecule has 2 rings (SSSR count). The number of hydrogen-bond acceptors (Lipinski definition) is 4. The summed E-state index contributed by atoms with van der Waals surface area (Å²) in [5.74, 6) is 5.11. The van der Waals surface area contributed by atoms with E-state index in [9.17, 15) is 4.79 Å². The van der Waals surface area contributed by atoms with Crippen LogP contribution in [0.15, 0.2) is 42.5 Å². The molecule has 0 bridgehead atoms. The standard InChI is InChI=1S/C15H12ClN3O2/c16-13-6-3-7-14(12(13)8-17)21-9-10-4-1-2-5-11(10)15(20)19-18/h1-7H,9,18H2,(H,19,20). The zero-order valence-electron chi connectivity index (χ0n) is 11.0. The van der Waals surface area contributed by atoms with Gasteiger partial charge in [-0.1, -0.05) is 35.9 Å². The van der Waals surface area contributed by atoms with E-state index >= 15 is 0 Å². The van der Waals surface area contributed by atoms with Crippen LogP contribution in [-0.4, -0.2) is 5.91 Å². The number of nitrogens with one attached hydrogen (secondary N) is 1. The van der Waals surface area contributed by atoms with Crippen LogP contribution < -0.4 is 16.0 Å². The summed E-state index contributed by atoms with van der Waals surface area (Å²) in [5, 5.41) is 9.40. The average Bonchev–Trinajstić information content (AvgIpc) is 2.52. The molecule has 0 radical (unpaired) electrons. The maximum atomic E-state index is 11.7. The number of ether oxygens (including phenoxy) is 1. The number of rotatable bonds is 4. The number of carbonyl (C=O) groups is 1. The summed E-state index contributed by atoms with van der Waals surface area (Å²) in [6.45, 7) is 0.124. The van der Waals surface area contributed by atoms with Crippen molar-refractivity contribution in [2.24, 2.45) is 5.84 Å². The van der Waals surface area contributed by atoms with Crippen molar-refractivity contribution in [3.63, 3.8) is 0 Å². The van der Waals surface area contributed by atoms with Crippen LogP contribution in [-0.2, 0) is 6.61 Å². The molecule has 0 atom stereocenters. The van der Waals surface area contributed by atoms with Gasteiger partial charge in [0.25, 0.3) is 5.91 Å². The third-order valence-electron chi connectivity index (χ3n) is 2.86. The molecule has 0 saturated carbocycles. The van der Waals surface area contributed by atoms with Crippen LogP contribution in [0.5, 0.6) is 5.75 Å². The first-order chi connectivity index (χ1) is 10.2. The Kier molecular flexibility index (Phi) is 4.77. The van der Waals surface area contributed by atoms with Crippen molar-refractivity contribution in [2.45, 2.75) is 6.61 Å². The number of nitrogens with zero attached hydrogens (tertiary/aromatic N) is 1. The Balaban J connectivity index is 2.24. The molecular weight excluding hydrogens is 290 g/mol. The van der Waals surface area contributed by atoms with Crippen molar-refractivity contribution >= 4 is 17.5 Å². The largest absolute Gasteiger partial charge is 0.487 e. The molecule has 2 aromatic carbocycles. The molecule has 21 heavy (non-hydrogen) atoms. The van der Waals surface area contributed by atoms with Crippen molar-refractivity contribution < 1.29 is 9.53 Å². The van der Waals surface area contributed by atoms with Crippen molar-refractivity contribution in [3.05, 3.63) is 64.2 Å². The molecule has 0 heterocycles. The molecule has 0 fully saturated rings. The van der Waals surface area contributed by atoms with Crippen LogP contribution in [0.3, 0.4) is 0 Å². The van der Waals surface area contributed by atoms with Gasteiger partial charge in [-0.2, -0.15) is 5.26 Å². The van der Waals surface area contributed by atoms with Gasteiger partial charge in [-0.05, 0) is 18.2 Å². The first-order valence-electron chi connectivity index (χ1n) is 6.07. The van der Waals surface area contributed by atoms with Crippen LogP contribution in [0.25, 0.3) is 0 Å². The summed E-state index contributed by atoms with van der Waals surface area (Å²) in [4.78, 5) is 11.7. The van der Waals surface area contributed by atoms with E-state index in [0.29, 0.717) is 21.9 Å². The molecular formula is C15H12ClN3O2. The van der Waals surface area contributed by atoms with Gasteiger partial charge in [0.15, 0.2) is 0 Å². The monoisotopic (exact) mass is 301 g/mol. The molecule has 6 heteroatoms. The predicted octanol–water partition coefficient (Wildman–Crippen LogP) is 2.39. The Labute approximate surface area is 126 Å². The van der Waals surface area contributed by atoms with Crippen molar-refractivity contribution in [3.8, 4) is 11.8 Å². The van der Waals surface area contributed by atoms with Gasteiger partial charge in [-0.15, -0.1) is 0 Å². The number of nitrogen functional groups attached to an aromatic ring is 1. The lowest BCUT2D eigenvalue weighted by atomic mass is 10.1. The van der Waals surface area contributed by atoms with E-state index in [4.69, 9.17) is 27.4 Å². The van der Waals surface area contributed by atoms with Gasteiger partial charge < -0.3 is 4.74 Å². The molecule has 5 nitrogen and oxygen atoms in total. The number of halogens is 1. The highest BCUT2D eigenvalue weighted by atomic mass is 35.5. The summed E-state index contributed by atoms with van der Waals surface area (Å²) in [6, 6.07) is 13.9. The van der Waals surface area contributed by atoms with Gasteiger partial charge in [0, 0.05) is 11.1 Å². The number of carbonyl (C=O) groups excluding carboxylic acids is 1. The van der Waals surface area contributed by atoms with E-state index < -0.39 is 5.91 Å². The van der Waals surface area contributed by atoms with Crippen LogP contribution in [0, 0.1) is 11.3 Å². The lowest BCUT2D eigenvalue weighted by molar-refractivity contribution is 0.0951. The minimum Gasteiger partial charge on any atom is -0.487 e. The smallest absolute Gasteiger partial charge is 0.265 e. The normalized spacial score (nSPS) is 9.76. The Morgan fingerprint density at radius 1 is 1.29 bits per heavy atom. The Bertz CT molecular complexity index is 710. The number of hydrazine groups is 1. The van der Waals surface area contributed by atoms with Crippen molar-refractivity contribution in [2.75, 3.05) is 0 Å². The van der Waals surface area contributed by atoms with Gasteiger partial charge in [0.1, 0.15) is 24.0 Å². The average molecular weight is 302 g/mol. The molecule has 1 amide bonds. The molecule has 0 saturated heterocycles. The topological polar surface area (TPSA) is 88.1 Å². The van der Waals surface area contributed by atoms with Crippen LogP contribution in [0.4, 0.5) is 0 Å². The molecule has 2 aromatic rings. The zero-order valence-corrected chi connectivity index (χ0v) is 11.7. The van der Waals surface area contributed by atoms with Gasteiger partial charge in [0.2, 0.25) is 0 Å². The Morgan fingerprint density at radius 2 is 2.05 bits per heavy atom.